The standard InChI is InChI=1S/C6H15NO2.C5H8O3/c1-5(8)3-7-4-6(2)9;1-4(6)2-3-5(7)8/h5-9H,3-4H2,1-2H3;2-3H2,1H3,(H,7,8). The zero-order chi connectivity index (χ0) is 13.8. The Balaban J connectivity index is 0. The molecule has 0 bridgehead atoms. The third-order valence-electron chi connectivity index (χ3n) is 1.57. The fraction of sp³-hybridized carbons (Fsp3) is 0.818. The Hall–Kier alpha value is -0.980. The van der Waals surface area contributed by atoms with E-state index < -0.39 is 5.97 Å². The highest BCUT2D eigenvalue weighted by molar-refractivity contribution is 5.80. The summed E-state index contributed by atoms with van der Waals surface area (Å²) < 4.78 is 0. The quantitative estimate of drug-likeness (QED) is 0.497. The Morgan fingerprint density at radius 1 is 1.06 bits per heavy atom. The predicted octanol–water partition coefficient (Wildman–Crippen LogP) is -0.222. The summed E-state index contributed by atoms with van der Waals surface area (Å²) in [5, 5.41) is 28.3. The van der Waals surface area contributed by atoms with Crippen LogP contribution < -0.4 is 5.32 Å². The van der Waals surface area contributed by atoms with Crippen molar-refractivity contribution in [3.63, 3.8) is 0 Å². The van der Waals surface area contributed by atoms with Gasteiger partial charge in [-0.15, -0.1) is 0 Å². The SMILES string of the molecule is CC(=O)CCC(=O)O.CC(O)CNCC(C)O. The molecule has 0 heterocycles. The van der Waals surface area contributed by atoms with E-state index in [-0.39, 0.29) is 30.8 Å². The molecule has 6 nitrogen and oxygen atoms in total. The maximum atomic E-state index is 10.1. The molecule has 0 aromatic rings. The third-order valence-corrected chi connectivity index (χ3v) is 1.57. The van der Waals surface area contributed by atoms with Crippen LogP contribution in [0.1, 0.15) is 33.6 Å². The number of ketones is 1. The fourth-order valence-corrected chi connectivity index (χ4v) is 0.784. The molecule has 102 valence electrons. The molecular formula is C11H23NO5. The van der Waals surface area contributed by atoms with Crippen LogP contribution in [-0.4, -0.2) is 52.4 Å². The second-order valence-corrected chi connectivity index (χ2v) is 3.95. The summed E-state index contributed by atoms with van der Waals surface area (Å²) in [6.07, 6.45) is -0.558. The van der Waals surface area contributed by atoms with Crippen molar-refractivity contribution in [3.05, 3.63) is 0 Å². The Bertz CT molecular complexity index is 194. The molecule has 6 heteroatoms. The highest BCUT2D eigenvalue weighted by Crippen LogP contribution is 1.87. The van der Waals surface area contributed by atoms with Gasteiger partial charge in [-0.3, -0.25) is 4.79 Å². The van der Waals surface area contributed by atoms with E-state index in [4.69, 9.17) is 15.3 Å². The van der Waals surface area contributed by atoms with Gasteiger partial charge in [0.1, 0.15) is 5.78 Å². The first-order valence-corrected chi connectivity index (χ1v) is 5.53. The van der Waals surface area contributed by atoms with Crippen LogP contribution in [0, 0.1) is 0 Å². The van der Waals surface area contributed by atoms with Crippen LogP contribution in [0.5, 0.6) is 0 Å². The first-order chi connectivity index (χ1) is 7.75. The van der Waals surface area contributed by atoms with Crippen LogP contribution in [-0.2, 0) is 9.59 Å². The molecule has 0 aromatic carbocycles. The van der Waals surface area contributed by atoms with E-state index in [1.54, 1.807) is 13.8 Å². The van der Waals surface area contributed by atoms with E-state index in [0.29, 0.717) is 13.1 Å². The normalized spacial score (nSPS) is 13.2. The number of aliphatic carboxylic acids is 1. The van der Waals surface area contributed by atoms with Gasteiger partial charge in [0.2, 0.25) is 0 Å². The van der Waals surface area contributed by atoms with Crippen molar-refractivity contribution in [2.24, 2.45) is 0 Å². The van der Waals surface area contributed by atoms with Gasteiger partial charge in [0.25, 0.3) is 0 Å². The topological polar surface area (TPSA) is 107 Å². The lowest BCUT2D eigenvalue weighted by Crippen LogP contribution is -2.30. The molecule has 0 saturated carbocycles. The molecule has 0 spiro atoms. The van der Waals surface area contributed by atoms with Gasteiger partial charge in [0.05, 0.1) is 18.6 Å². The van der Waals surface area contributed by atoms with Gasteiger partial charge < -0.3 is 25.4 Å². The van der Waals surface area contributed by atoms with E-state index in [0.717, 1.165) is 0 Å². The van der Waals surface area contributed by atoms with Gasteiger partial charge in [-0.1, -0.05) is 0 Å². The maximum absolute atomic E-state index is 10.1. The molecule has 0 rings (SSSR count). The number of rotatable bonds is 7. The first-order valence-electron chi connectivity index (χ1n) is 5.53. The van der Waals surface area contributed by atoms with Gasteiger partial charge in [0, 0.05) is 19.5 Å². The monoisotopic (exact) mass is 249 g/mol. The summed E-state index contributed by atoms with van der Waals surface area (Å²) in [7, 11) is 0. The van der Waals surface area contributed by atoms with E-state index >= 15 is 0 Å². The number of nitrogens with one attached hydrogen (secondary N) is 1. The minimum atomic E-state index is -0.916. The number of aliphatic hydroxyl groups excluding tert-OH is 2. The van der Waals surface area contributed by atoms with Crippen LogP contribution in [0.25, 0.3) is 0 Å². The second kappa shape index (κ2) is 11.5. The molecule has 0 aromatic heterocycles. The van der Waals surface area contributed by atoms with Crippen molar-refractivity contribution in [1.29, 1.82) is 0 Å². The summed E-state index contributed by atoms with van der Waals surface area (Å²) in [6.45, 7) is 5.88. The summed E-state index contributed by atoms with van der Waals surface area (Å²) in [4.78, 5) is 19.8. The zero-order valence-electron chi connectivity index (χ0n) is 10.6. The maximum Gasteiger partial charge on any atom is 0.303 e. The van der Waals surface area contributed by atoms with Gasteiger partial charge in [-0.05, 0) is 20.8 Å². The Labute approximate surface area is 102 Å². The number of carbonyl (C=O) groups excluding carboxylic acids is 1. The number of carboxylic acids is 1. The van der Waals surface area contributed by atoms with Gasteiger partial charge in [-0.25, -0.2) is 0 Å². The fourth-order valence-electron chi connectivity index (χ4n) is 0.784. The number of aliphatic hydroxyl groups is 2. The predicted molar refractivity (Wildman–Crippen MR) is 63.8 cm³/mol. The van der Waals surface area contributed by atoms with Crippen LogP contribution in [0.4, 0.5) is 0 Å². The van der Waals surface area contributed by atoms with Crippen molar-refractivity contribution in [2.75, 3.05) is 13.1 Å². The minimum absolute atomic E-state index is 0.0463. The van der Waals surface area contributed by atoms with Gasteiger partial charge >= 0.3 is 5.97 Å². The number of Topliss-reactive ketones (excluding diaryl/α,β-unsaturated/α-hetero) is 1. The van der Waals surface area contributed by atoms with E-state index in [1.807, 2.05) is 0 Å². The molecular weight excluding hydrogens is 226 g/mol. The Kier molecular flexibility index (Phi) is 12.4. The Morgan fingerprint density at radius 2 is 1.47 bits per heavy atom. The molecule has 4 N–H and O–H groups in total. The van der Waals surface area contributed by atoms with E-state index in [2.05, 4.69) is 5.32 Å². The average molecular weight is 249 g/mol. The molecule has 0 aliphatic heterocycles. The smallest absolute Gasteiger partial charge is 0.303 e. The summed E-state index contributed by atoms with van der Waals surface area (Å²) in [6, 6.07) is 0. The highest BCUT2D eigenvalue weighted by atomic mass is 16.4. The largest absolute Gasteiger partial charge is 0.481 e. The van der Waals surface area contributed by atoms with Crippen LogP contribution in [0.15, 0.2) is 0 Å². The molecule has 0 aliphatic rings. The molecule has 0 amide bonds. The lowest BCUT2D eigenvalue weighted by Gasteiger charge is -2.07. The number of hydrogen-bond acceptors (Lipinski definition) is 5. The number of carboxylic acid groups (broad SMARTS) is 1. The number of hydrogen-bond donors (Lipinski definition) is 4. The van der Waals surface area contributed by atoms with E-state index in [1.165, 1.54) is 6.92 Å². The molecule has 0 aliphatic carbocycles. The molecule has 2 atom stereocenters. The van der Waals surface area contributed by atoms with Crippen LogP contribution >= 0.6 is 0 Å². The van der Waals surface area contributed by atoms with Crippen molar-refractivity contribution in [2.45, 2.75) is 45.8 Å². The Morgan fingerprint density at radius 3 is 1.65 bits per heavy atom. The summed E-state index contributed by atoms with van der Waals surface area (Å²) >= 11 is 0. The average Bonchev–Trinajstić information content (AvgIpc) is 2.14. The summed E-state index contributed by atoms with van der Waals surface area (Å²) in [5.41, 5.74) is 0. The van der Waals surface area contributed by atoms with Crippen molar-refractivity contribution in [1.82, 2.24) is 5.32 Å². The van der Waals surface area contributed by atoms with E-state index in [9.17, 15) is 9.59 Å². The molecule has 17 heavy (non-hydrogen) atoms. The van der Waals surface area contributed by atoms with Gasteiger partial charge in [0.15, 0.2) is 0 Å². The molecule has 0 fully saturated rings. The second-order valence-electron chi connectivity index (χ2n) is 3.95. The van der Waals surface area contributed by atoms with Crippen LogP contribution in [0.2, 0.25) is 0 Å². The first kappa shape index (κ1) is 18.4. The summed E-state index contributed by atoms with van der Waals surface area (Å²) in [5.74, 6) is -0.993. The van der Waals surface area contributed by atoms with Crippen molar-refractivity contribution in [3.8, 4) is 0 Å². The number of carbonyl (C=O) groups is 2. The zero-order valence-corrected chi connectivity index (χ0v) is 10.6. The van der Waals surface area contributed by atoms with Crippen molar-refractivity contribution < 1.29 is 24.9 Å². The van der Waals surface area contributed by atoms with Crippen molar-refractivity contribution >= 4 is 11.8 Å². The minimum Gasteiger partial charge on any atom is -0.481 e. The molecule has 2 unspecified atom stereocenters. The van der Waals surface area contributed by atoms with Crippen LogP contribution in [0.3, 0.4) is 0 Å². The lowest BCUT2D eigenvalue weighted by molar-refractivity contribution is -0.138. The molecule has 0 saturated heterocycles. The molecule has 0 radical (unpaired) electrons. The lowest BCUT2D eigenvalue weighted by atomic mass is 10.2. The third kappa shape index (κ3) is 25.4. The van der Waals surface area contributed by atoms with Gasteiger partial charge in [-0.2, -0.15) is 0 Å². The highest BCUT2D eigenvalue weighted by Gasteiger charge is 1.98.